The number of H-pyrrole nitrogens is 1. The fourth-order valence-electron chi connectivity index (χ4n) is 3.18. The summed E-state index contributed by atoms with van der Waals surface area (Å²) in [5.41, 5.74) is 0.570. The van der Waals surface area contributed by atoms with Gasteiger partial charge in [-0.05, 0) is 19.4 Å². The molecule has 0 aliphatic carbocycles. The molecule has 5 N–H and O–H groups in total. The van der Waals surface area contributed by atoms with E-state index in [1.165, 1.54) is 19.6 Å². The van der Waals surface area contributed by atoms with Gasteiger partial charge in [0.25, 0.3) is 0 Å². The monoisotopic (exact) mass is 405 g/mol. The number of carbonyl (C=O) groups excluding carboxylic acids is 5. The molecule has 2 saturated heterocycles. The molecule has 1 aromatic heterocycles. The van der Waals surface area contributed by atoms with Gasteiger partial charge in [-0.2, -0.15) is 0 Å². The van der Waals surface area contributed by atoms with Crippen LogP contribution in [0.2, 0.25) is 0 Å². The molecule has 2 fully saturated rings. The van der Waals surface area contributed by atoms with E-state index in [-0.39, 0.29) is 12.8 Å². The lowest BCUT2D eigenvalue weighted by atomic mass is 10.1. The normalized spacial score (nSPS) is 22.7. The van der Waals surface area contributed by atoms with Crippen molar-refractivity contribution in [1.29, 1.82) is 0 Å². The Morgan fingerprint density at radius 1 is 1.28 bits per heavy atom. The first-order valence-corrected chi connectivity index (χ1v) is 9.28. The molecule has 3 atom stereocenters. The van der Waals surface area contributed by atoms with Crippen LogP contribution in [0.25, 0.3) is 0 Å². The highest BCUT2D eigenvalue weighted by atomic mass is 16.2. The molecule has 0 bridgehead atoms. The number of rotatable bonds is 6. The van der Waals surface area contributed by atoms with Gasteiger partial charge in [0.15, 0.2) is 0 Å². The van der Waals surface area contributed by atoms with Gasteiger partial charge in [0.2, 0.25) is 23.6 Å². The highest BCUT2D eigenvalue weighted by Crippen LogP contribution is 2.08. The number of imide groups is 2. The lowest BCUT2D eigenvalue weighted by Gasteiger charge is -2.29. The summed E-state index contributed by atoms with van der Waals surface area (Å²) >= 11 is 0. The smallest absolute Gasteiger partial charge is 0.324 e. The first-order valence-electron chi connectivity index (χ1n) is 9.28. The maximum atomic E-state index is 12.7. The van der Waals surface area contributed by atoms with E-state index in [0.717, 1.165) is 11.3 Å². The van der Waals surface area contributed by atoms with E-state index < -0.39 is 47.8 Å². The van der Waals surface area contributed by atoms with Crippen LogP contribution < -0.4 is 21.3 Å². The topological polar surface area (TPSA) is 165 Å². The molecule has 2 aliphatic heterocycles. The zero-order chi connectivity index (χ0) is 21.0. The van der Waals surface area contributed by atoms with Crippen molar-refractivity contribution in [2.24, 2.45) is 0 Å². The van der Waals surface area contributed by atoms with E-state index in [9.17, 15) is 24.0 Å². The van der Waals surface area contributed by atoms with Gasteiger partial charge in [0, 0.05) is 25.4 Å². The average molecular weight is 405 g/mol. The van der Waals surface area contributed by atoms with Gasteiger partial charge in [0.05, 0.1) is 18.8 Å². The Morgan fingerprint density at radius 3 is 2.69 bits per heavy atom. The zero-order valence-electron chi connectivity index (χ0n) is 15.9. The van der Waals surface area contributed by atoms with Crippen LogP contribution in [0, 0.1) is 0 Å². The summed E-state index contributed by atoms with van der Waals surface area (Å²) in [7, 11) is 1.31. The zero-order valence-corrected chi connectivity index (χ0v) is 15.9. The summed E-state index contributed by atoms with van der Waals surface area (Å²) < 4.78 is 0. The van der Waals surface area contributed by atoms with E-state index in [0.29, 0.717) is 18.7 Å². The fourth-order valence-corrected chi connectivity index (χ4v) is 3.18. The Labute approximate surface area is 166 Å². The molecule has 12 nitrogen and oxygen atoms in total. The number of urea groups is 1. The Hall–Kier alpha value is -3.28. The van der Waals surface area contributed by atoms with E-state index in [2.05, 4.69) is 31.2 Å². The van der Waals surface area contributed by atoms with Crippen LogP contribution in [-0.2, 0) is 25.6 Å². The van der Waals surface area contributed by atoms with Gasteiger partial charge in [-0.25, -0.2) is 9.78 Å². The molecule has 12 heteroatoms. The molecular formula is C17H23N7O5. The van der Waals surface area contributed by atoms with Gasteiger partial charge < -0.3 is 20.9 Å². The molecule has 29 heavy (non-hydrogen) atoms. The van der Waals surface area contributed by atoms with Gasteiger partial charge in [-0.15, -0.1) is 0 Å². The number of imidazole rings is 1. The SMILES string of the molecule is CN1C(=O)C[C@@H](C(=O)N[C@@H](Cc2cnc[nH]2)C(=O)NC(=O)[C@@H]2CCCN2)NC1=O. The molecule has 0 saturated carbocycles. The van der Waals surface area contributed by atoms with Crippen LogP contribution in [-0.4, -0.2) is 76.2 Å². The van der Waals surface area contributed by atoms with Crippen LogP contribution in [0.1, 0.15) is 25.0 Å². The number of aromatic nitrogens is 2. The summed E-state index contributed by atoms with van der Waals surface area (Å²) in [4.78, 5) is 68.7. The molecular weight excluding hydrogens is 382 g/mol. The number of hydrogen-bond acceptors (Lipinski definition) is 7. The van der Waals surface area contributed by atoms with Crippen molar-refractivity contribution in [3.63, 3.8) is 0 Å². The third-order valence-corrected chi connectivity index (χ3v) is 4.91. The molecule has 6 amide bonds. The molecule has 1 aromatic rings. The maximum absolute atomic E-state index is 12.7. The van der Waals surface area contributed by atoms with Crippen molar-refractivity contribution in [3.05, 3.63) is 18.2 Å². The predicted molar refractivity (Wildman–Crippen MR) is 98.1 cm³/mol. The lowest BCUT2D eigenvalue weighted by molar-refractivity contribution is -0.136. The summed E-state index contributed by atoms with van der Waals surface area (Å²) in [6.45, 7) is 0.699. The Kier molecular flexibility index (Phi) is 6.22. The largest absolute Gasteiger partial charge is 0.348 e. The van der Waals surface area contributed by atoms with Crippen LogP contribution in [0.4, 0.5) is 4.79 Å². The molecule has 0 radical (unpaired) electrons. The van der Waals surface area contributed by atoms with Crippen LogP contribution >= 0.6 is 0 Å². The van der Waals surface area contributed by atoms with Crippen molar-refractivity contribution in [2.45, 2.75) is 43.8 Å². The second-order valence-electron chi connectivity index (χ2n) is 7.00. The number of hydrogen-bond donors (Lipinski definition) is 5. The minimum atomic E-state index is -1.10. The summed E-state index contributed by atoms with van der Waals surface area (Å²) in [6, 6.07) is -3.35. The van der Waals surface area contributed by atoms with Gasteiger partial charge >= 0.3 is 6.03 Å². The van der Waals surface area contributed by atoms with Crippen molar-refractivity contribution in [2.75, 3.05) is 13.6 Å². The van der Waals surface area contributed by atoms with Crippen molar-refractivity contribution >= 4 is 29.7 Å². The molecule has 2 aliphatic rings. The number of aromatic amines is 1. The standard InChI is InChI=1S/C17H23N7O5/c1-24-13(25)6-12(22-17(24)29)15(27)21-11(5-9-7-18-8-20-9)16(28)23-14(26)10-3-2-4-19-10/h7-8,10-12,19H,2-6H2,1H3,(H,18,20)(H,21,27)(H,22,29)(H,23,26,28)/t10-,11-,12-/m0/s1. The van der Waals surface area contributed by atoms with E-state index in [1.807, 2.05) is 0 Å². The number of carbonyl (C=O) groups is 5. The highest BCUT2D eigenvalue weighted by Gasteiger charge is 2.36. The summed E-state index contributed by atoms with van der Waals surface area (Å²) in [5.74, 6) is -2.34. The fraction of sp³-hybridized carbons (Fsp3) is 0.529. The molecule has 156 valence electrons. The quantitative estimate of drug-likeness (QED) is 0.357. The van der Waals surface area contributed by atoms with Gasteiger partial charge in [-0.1, -0.05) is 0 Å². The number of amides is 6. The van der Waals surface area contributed by atoms with Gasteiger partial charge in [0.1, 0.15) is 12.1 Å². The molecule has 0 spiro atoms. The molecule has 0 aromatic carbocycles. The Bertz CT molecular complexity index is 785. The summed E-state index contributed by atoms with van der Waals surface area (Å²) in [6.07, 6.45) is 4.21. The minimum absolute atomic E-state index is 0.0530. The molecule has 3 heterocycles. The Balaban J connectivity index is 1.67. The van der Waals surface area contributed by atoms with Crippen molar-refractivity contribution in [1.82, 2.24) is 36.1 Å². The van der Waals surface area contributed by atoms with E-state index in [1.54, 1.807) is 0 Å². The van der Waals surface area contributed by atoms with Crippen LogP contribution in [0.15, 0.2) is 12.5 Å². The molecule has 3 rings (SSSR count). The summed E-state index contributed by atoms with van der Waals surface area (Å²) in [5, 5.41) is 10.2. The lowest BCUT2D eigenvalue weighted by Crippen LogP contribution is -2.61. The minimum Gasteiger partial charge on any atom is -0.348 e. The third-order valence-electron chi connectivity index (χ3n) is 4.91. The molecule has 0 unspecified atom stereocenters. The van der Waals surface area contributed by atoms with E-state index in [4.69, 9.17) is 0 Å². The average Bonchev–Trinajstić information content (AvgIpc) is 3.38. The first kappa shape index (κ1) is 20.5. The van der Waals surface area contributed by atoms with Crippen LogP contribution in [0.5, 0.6) is 0 Å². The van der Waals surface area contributed by atoms with E-state index >= 15 is 0 Å². The second kappa shape index (κ2) is 8.82. The highest BCUT2D eigenvalue weighted by molar-refractivity contribution is 6.04. The van der Waals surface area contributed by atoms with Gasteiger partial charge in [-0.3, -0.25) is 29.4 Å². The maximum Gasteiger partial charge on any atom is 0.324 e. The number of nitrogens with zero attached hydrogens (tertiary/aromatic N) is 2. The van der Waals surface area contributed by atoms with Crippen molar-refractivity contribution in [3.8, 4) is 0 Å². The Morgan fingerprint density at radius 2 is 2.07 bits per heavy atom. The van der Waals surface area contributed by atoms with Crippen molar-refractivity contribution < 1.29 is 24.0 Å². The third kappa shape index (κ3) is 4.96. The second-order valence-corrected chi connectivity index (χ2v) is 7.00. The predicted octanol–water partition coefficient (Wildman–Crippen LogP) is -2.23. The first-order chi connectivity index (χ1) is 13.8. The van der Waals surface area contributed by atoms with Crippen LogP contribution in [0.3, 0.4) is 0 Å². The number of nitrogens with one attached hydrogen (secondary N) is 5.